The molecule has 1 amide bonds. The van der Waals surface area contributed by atoms with E-state index in [2.05, 4.69) is 5.10 Å². The van der Waals surface area contributed by atoms with E-state index in [9.17, 15) is 4.79 Å². The molecule has 0 fully saturated rings. The van der Waals surface area contributed by atoms with Gasteiger partial charge in [-0.25, -0.2) is 0 Å². The first-order valence-electron chi connectivity index (χ1n) is 7.31. The van der Waals surface area contributed by atoms with Crippen molar-refractivity contribution in [1.29, 1.82) is 0 Å². The Morgan fingerprint density at radius 1 is 1.30 bits per heavy atom. The zero-order valence-electron chi connectivity index (χ0n) is 13.3. The number of aromatic nitrogens is 2. The van der Waals surface area contributed by atoms with Gasteiger partial charge in [-0.15, -0.1) is 0 Å². The van der Waals surface area contributed by atoms with Crippen LogP contribution in [0.1, 0.15) is 22.5 Å². The third-order valence-electron chi connectivity index (χ3n) is 3.95. The second kappa shape index (κ2) is 6.12. The van der Waals surface area contributed by atoms with Crippen LogP contribution in [0.25, 0.3) is 0 Å². The summed E-state index contributed by atoms with van der Waals surface area (Å²) in [6, 6.07) is 3.69. The van der Waals surface area contributed by atoms with E-state index in [1.54, 1.807) is 32.4 Å². The Hall–Kier alpha value is -2.21. The Morgan fingerprint density at radius 2 is 2.09 bits per heavy atom. The first kappa shape index (κ1) is 15.7. The van der Waals surface area contributed by atoms with Gasteiger partial charge in [0.1, 0.15) is 11.5 Å². The molecular weight excluding hydrogens is 318 g/mol. The Labute approximate surface area is 139 Å². The molecule has 1 aromatic heterocycles. The lowest BCUT2D eigenvalue weighted by atomic mass is 9.99. The molecule has 0 atom stereocenters. The van der Waals surface area contributed by atoms with Gasteiger partial charge >= 0.3 is 0 Å². The lowest BCUT2D eigenvalue weighted by Crippen LogP contribution is -2.36. The third kappa shape index (κ3) is 2.74. The van der Waals surface area contributed by atoms with Crippen molar-refractivity contribution in [3.05, 3.63) is 34.6 Å². The number of aryl methyl sites for hydroxylation is 1. The summed E-state index contributed by atoms with van der Waals surface area (Å²) in [5.74, 6) is 1.16. The summed E-state index contributed by atoms with van der Waals surface area (Å²) in [5.41, 5.74) is 2.04. The van der Waals surface area contributed by atoms with Gasteiger partial charge in [0.05, 0.1) is 24.9 Å². The minimum absolute atomic E-state index is 0.216. The van der Waals surface area contributed by atoms with Gasteiger partial charge in [-0.05, 0) is 12.8 Å². The van der Waals surface area contributed by atoms with E-state index >= 15 is 0 Å². The minimum Gasteiger partial charge on any atom is -0.497 e. The van der Waals surface area contributed by atoms with Gasteiger partial charge in [0.25, 0.3) is 5.91 Å². The summed E-state index contributed by atoms with van der Waals surface area (Å²) in [4.78, 5) is 14.6. The number of carbonyl (C=O) groups excluding carboxylic acids is 1. The summed E-state index contributed by atoms with van der Waals surface area (Å²) >= 11 is 6.12. The number of amides is 1. The monoisotopic (exact) mass is 335 g/mol. The fourth-order valence-electron chi connectivity index (χ4n) is 2.88. The molecule has 2 aromatic rings. The van der Waals surface area contributed by atoms with Crippen LogP contribution in [0.2, 0.25) is 5.02 Å². The number of benzene rings is 1. The highest BCUT2D eigenvalue weighted by Crippen LogP contribution is 2.39. The van der Waals surface area contributed by atoms with Gasteiger partial charge in [0, 0.05) is 37.5 Å². The number of anilines is 1. The van der Waals surface area contributed by atoms with E-state index in [0.717, 1.165) is 29.8 Å². The van der Waals surface area contributed by atoms with Crippen LogP contribution in [-0.2, 0) is 13.5 Å². The van der Waals surface area contributed by atoms with Crippen LogP contribution in [0.4, 0.5) is 5.69 Å². The molecule has 2 heterocycles. The number of rotatable bonds is 3. The molecule has 0 bridgehead atoms. The number of hydrogen-bond acceptors (Lipinski definition) is 4. The Kier molecular flexibility index (Phi) is 4.17. The lowest BCUT2D eigenvalue weighted by Gasteiger charge is -2.30. The smallest absolute Gasteiger partial charge is 0.280 e. The van der Waals surface area contributed by atoms with Crippen LogP contribution in [0.5, 0.6) is 11.5 Å². The van der Waals surface area contributed by atoms with Crippen molar-refractivity contribution in [2.24, 2.45) is 7.05 Å². The van der Waals surface area contributed by atoms with Crippen molar-refractivity contribution in [3.8, 4) is 11.5 Å². The van der Waals surface area contributed by atoms with Crippen LogP contribution in [0.3, 0.4) is 0 Å². The number of methoxy groups -OCH3 is 2. The van der Waals surface area contributed by atoms with Gasteiger partial charge < -0.3 is 14.4 Å². The average Bonchev–Trinajstić information content (AvgIpc) is 2.90. The number of nitrogens with zero attached hydrogens (tertiary/aromatic N) is 3. The summed E-state index contributed by atoms with van der Waals surface area (Å²) in [7, 11) is 4.94. The fraction of sp³-hybridized carbons (Fsp3) is 0.375. The average molecular weight is 336 g/mol. The van der Waals surface area contributed by atoms with Crippen LogP contribution in [0, 0.1) is 0 Å². The molecule has 0 saturated carbocycles. The third-order valence-corrected chi connectivity index (χ3v) is 4.22. The van der Waals surface area contributed by atoms with Crippen LogP contribution in [0.15, 0.2) is 18.3 Å². The van der Waals surface area contributed by atoms with Gasteiger partial charge in [0.15, 0.2) is 5.69 Å². The quantitative estimate of drug-likeness (QED) is 0.865. The van der Waals surface area contributed by atoms with E-state index in [0.29, 0.717) is 17.3 Å². The molecule has 0 saturated heterocycles. The maximum atomic E-state index is 12.9. The fourth-order valence-corrected chi connectivity index (χ4v) is 3.14. The van der Waals surface area contributed by atoms with Crippen molar-refractivity contribution in [3.63, 3.8) is 0 Å². The van der Waals surface area contributed by atoms with E-state index in [1.165, 1.54) is 4.68 Å². The number of ether oxygens (including phenoxy) is 2. The molecule has 1 aliphatic heterocycles. The van der Waals surface area contributed by atoms with Crippen molar-refractivity contribution >= 4 is 23.2 Å². The Bertz CT molecular complexity index is 757. The number of halogens is 1. The molecule has 0 aliphatic carbocycles. The summed E-state index contributed by atoms with van der Waals surface area (Å²) in [6.07, 6.45) is 3.32. The summed E-state index contributed by atoms with van der Waals surface area (Å²) in [6.45, 7) is 0.606. The molecule has 0 N–H and O–H groups in total. The van der Waals surface area contributed by atoms with Crippen LogP contribution in [-0.4, -0.2) is 36.5 Å². The number of carbonyl (C=O) groups is 1. The van der Waals surface area contributed by atoms with Gasteiger partial charge in [-0.1, -0.05) is 11.6 Å². The molecule has 1 aromatic carbocycles. The molecule has 7 heteroatoms. The van der Waals surface area contributed by atoms with E-state index in [4.69, 9.17) is 21.1 Å². The van der Waals surface area contributed by atoms with Crippen molar-refractivity contribution in [2.75, 3.05) is 25.7 Å². The predicted molar refractivity (Wildman–Crippen MR) is 87.8 cm³/mol. The first-order valence-corrected chi connectivity index (χ1v) is 7.69. The van der Waals surface area contributed by atoms with Gasteiger partial charge in [0.2, 0.25) is 0 Å². The first-order chi connectivity index (χ1) is 11.0. The number of fused-ring (bicyclic) bond motifs is 1. The van der Waals surface area contributed by atoms with E-state index < -0.39 is 0 Å². The van der Waals surface area contributed by atoms with Crippen LogP contribution >= 0.6 is 11.6 Å². The summed E-state index contributed by atoms with van der Waals surface area (Å²) < 4.78 is 12.3. The molecule has 0 spiro atoms. The molecule has 6 nitrogen and oxygen atoms in total. The van der Waals surface area contributed by atoms with E-state index in [-0.39, 0.29) is 11.6 Å². The van der Waals surface area contributed by atoms with Crippen molar-refractivity contribution in [1.82, 2.24) is 9.78 Å². The standard InChI is InChI=1S/C16H18ClN3O3/c1-19-9-12(17)15(18-19)16(21)20-6-4-5-11-13(20)7-10(22-2)8-14(11)23-3/h7-9H,4-6H2,1-3H3. The topological polar surface area (TPSA) is 56.6 Å². The van der Waals surface area contributed by atoms with E-state index in [1.807, 2.05) is 12.1 Å². The maximum absolute atomic E-state index is 12.9. The SMILES string of the molecule is COc1cc(OC)c2c(c1)N(C(=O)c1nn(C)cc1Cl)CCC2. The van der Waals surface area contributed by atoms with Gasteiger partial charge in [-0.3, -0.25) is 9.48 Å². The second-order valence-electron chi connectivity index (χ2n) is 5.39. The highest BCUT2D eigenvalue weighted by Gasteiger charge is 2.29. The number of hydrogen-bond donors (Lipinski definition) is 0. The Balaban J connectivity index is 2.07. The highest BCUT2D eigenvalue weighted by atomic mass is 35.5. The molecule has 1 aliphatic rings. The maximum Gasteiger partial charge on any atom is 0.280 e. The molecule has 0 unspecified atom stereocenters. The molecule has 122 valence electrons. The minimum atomic E-state index is -0.216. The zero-order valence-corrected chi connectivity index (χ0v) is 14.1. The van der Waals surface area contributed by atoms with Crippen molar-refractivity contribution in [2.45, 2.75) is 12.8 Å². The van der Waals surface area contributed by atoms with Gasteiger partial charge in [-0.2, -0.15) is 5.10 Å². The molecule has 0 radical (unpaired) electrons. The normalized spacial score (nSPS) is 13.7. The molecule has 3 rings (SSSR count). The lowest BCUT2D eigenvalue weighted by molar-refractivity contribution is 0.0979. The molecular formula is C16H18ClN3O3. The second-order valence-corrected chi connectivity index (χ2v) is 5.79. The highest BCUT2D eigenvalue weighted by molar-refractivity contribution is 6.34. The zero-order chi connectivity index (χ0) is 16.6. The van der Waals surface area contributed by atoms with Crippen LogP contribution < -0.4 is 14.4 Å². The predicted octanol–water partition coefficient (Wildman–Crippen LogP) is 2.68. The van der Waals surface area contributed by atoms with Crippen molar-refractivity contribution < 1.29 is 14.3 Å². The Morgan fingerprint density at radius 3 is 2.70 bits per heavy atom. The largest absolute Gasteiger partial charge is 0.497 e. The molecule has 23 heavy (non-hydrogen) atoms. The summed E-state index contributed by atoms with van der Waals surface area (Å²) in [5, 5.41) is 4.52.